The van der Waals surface area contributed by atoms with E-state index in [2.05, 4.69) is 64.2 Å². The first-order chi connectivity index (χ1) is 10.2. The first kappa shape index (κ1) is 14.6. The third-order valence-corrected chi connectivity index (χ3v) is 4.90. The second-order valence-corrected chi connectivity index (χ2v) is 6.64. The molecule has 0 radical (unpaired) electrons. The minimum Gasteiger partial charge on any atom is -0.367 e. The average Bonchev–Trinajstić information content (AvgIpc) is 2.49. The van der Waals surface area contributed by atoms with Gasteiger partial charge < -0.3 is 10.6 Å². The van der Waals surface area contributed by atoms with E-state index in [-0.39, 0.29) is 0 Å². The molecule has 1 aliphatic rings. The van der Waals surface area contributed by atoms with Crippen LogP contribution in [0, 0.1) is 6.92 Å². The van der Waals surface area contributed by atoms with E-state index in [9.17, 15) is 0 Å². The fourth-order valence-corrected chi connectivity index (χ4v) is 3.57. The second kappa shape index (κ2) is 6.20. The van der Waals surface area contributed by atoms with Gasteiger partial charge in [0.05, 0.1) is 0 Å². The molecule has 1 heterocycles. The zero-order chi connectivity index (χ0) is 14.8. The largest absolute Gasteiger partial charge is 0.367 e. The number of aryl methyl sites for hydroxylation is 2. The molecule has 0 fully saturated rings. The van der Waals surface area contributed by atoms with Crippen molar-refractivity contribution < 1.29 is 0 Å². The van der Waals surface area contributed by atoms with E-state index in [4.69, 9.17) is 5.73 Å². The molecule has 0 bridgehead atoms. The lowest BCUT2D eigenvalue weighted by atomic mass is 9.99. The van der Waals surface area contributed by atoms with Crippen LogP contribution in [0.25, 0.3) is 0 Å². The summed E-state index contributed by atoms with van der Waals surface area (Å²) in [5.74, 6) is 0. The topological polar surface area (TPSA) is 29.3 Å². The Labute approximate surface area is 135 Å². The van der Waals surface area contributed by atoms with E-state index < -0.39 is 0 Å². The molecule has 0 atom stereocenters. The minimum atomic E-state index is 0.588. The highest BCUT2D eigenvalue weighted by Crippen LogP contribution is 2.30. The average molecular weight is 345 g/mol. The number of fused-ring (bicyclic) bond motifs is 1. The van der Waals surface area contributed by atoms with Crippen LogP contribution in [0.1, 0.15) is 28.7 Å². The van der Waals surface area contributed by atoms with Crippen molar-refractivity contribution >= 4 is 21.6 Å². The number of nitrogens with zero attached hydrogens (tertiary/aromatic N) is 1. The summed E-state index contributed by atoms with van der Waals surface area (Å²) in [6.07, 6.45) is 2.43. The molecule has 0 saturated heterocycles. The second-order valence-electron chi connectivity index (χ2n) is 5.79. The third-order valence-electron chi connectivity index (χ3n) is 4.16. The Kier molecular flexibility index (Phi) is 4.32. The molecule has 0 spiro atoms. The van der Waals surface area contributed by atoms with Gasteiger partial charge in [0, 0.05) is 29.8 Å². The maximum Gasteiger partial charge on any atom is 0.0440 e. The van der Waals surface area contributed by atoms with Crippen LogP contribution in [0.5, 0.6) is 0 Å². The Hall–Kier alpha value is -1.32. The van der Waals surface area contributed by atoms with E-state index in [0.29, 0.717) is 6.54 Å². The van der Waals surface area contributed by atoms with E-state index >= 15 is 0 Å². The van der Waals surface area contributed by atoms with Crippen molar-refractivity contribution in [1.82, 2.24) is 0 Å². The number of nitrogens with two attached hydrogens (primary N) is 1. The lowest BCUT2D eigenvalue weighted by Crippen LogP contribution is -2.29. The number of rotatable bonds is 3. The van der Waals surface area contributed by atoms with Crippen molar-refractivity contribution in [3.63, 3.8) is 0 Å². The number of halogens is 1. The number of hydrogen-bond donors (Lipinski definition) is 1. The summed E-state index contributed by atoms with van der Waals surface area (Å²) in [5, 5.41) is 0. The first-order valence-corrected chi connectivity index (χ1v) is 8.28. The maximum atomic E-state index is 5.70. The Morgan fingerprint density at radius 2 is 2.05 bits per heavy atom. The van der Waals surface area contributed by atoms with Gasteiger partial charge in [0.25, 0.3) is 0 Å². The molecule has 3 rings (SSSR count). The van der Waals surface area contributed by atoms with Gasteiger partial charge in [0.1, 0.15) is 0 Å². The molecule has 1 aliphatic heterocycles. The van der Waals surface area contributed by atoms with Crippen molar-refractivity contribution in [3.05, 3.63) is 63.1 Å². The molecule has 21 heavy (non-hydrogen) atoms. The van der Waals surface area contributed by atoms with E-state index in [1.54, 1.807) is 0 Å². The van der Waals surface area contributed by atoms with Crippen molar-refractivity contribution in [1.29, 1.82) is 0 Å². The zero-order valence-electron chi connectivity index (χ0n) is 12.4. The van der Waals surface area contributed by atoms with Gasteiger partial charge in [-0.05, 0) is 48.6 Å². The summed E-state index contributed by atoms with van der Waals surface area (Å²) in [6.45, 7) is 4.83. The van der Waals surface area contributed by atoms with Crippen LogP contribution >= 0.6 is 15.9 Å². The van der Waals surface area contributed by atoms with Gasteiger partial charge in [0.2, 0.25) is 0 Å². The quantitative estimate of drug-likeness (QED) is 0.905. The van der Waals surface area contributed by atoms with Crippen LogP contribution in [0.3, 0.4) is 0 Å². The molecule has 0 aromatic heterocycles. The highest BCUT2D eigenvalue weighted by Gasteiger charge is 2.17. The van der Waals surface area contributed by atoms with Gasteiger partial charge in [-0.3, -0.25) is 0 Å². The van der Waals surface area contributed by atoms with Crippen LogP contribution in [0.4, 0.5) is 5.69 Å². The molecule has 0 unspecified atom stereocenters. The van der Waals surface area contributed by atoms with Crippen LogP contribution in [-0.2, 0) is 19.5 Å². The molecule has 2 nitrogen and oxygen atoms in total. The molecular formula is C18H21BrN2. The molecule has 0 saturated carbocycles. The minimum absolute atomic E-state index is 0.588. The van der Waals surface area contributed by atoms with Crippen LogP contribution in [-0.4, -0.2) is 6.54 Å². The molecule has 3 heteroatoms. The van der Waals surface area contributed by atoms with Crippen LogP contribution in [0.15, 0.2) is 40.9 Å². The predicted octanol–water partition coefficient (Wildman–Crippen LogP) is 4.17. The van der Waals surface area contributed by atoms with Gasteiger partial charge in [-0.15, -0.1) is 0 Å². The summed E-state index contributed by atoms with van der Waals surface area (Å²) < 4.78 is 1.16. The normalized spacial score (nSPS) is 14.1. The lowest BCUT2D eigenvalue weighted by Gasteiger charge is -2.32. The van der Waals surface area contributed by atoms with Crippen LogP contribution in [0.2, 0.25) is 0 Å². The number of hydrogen-bond acceptors (Lipinski definition) is 2. The van der Waals surface area contributed by atoms with Gasteiger partial charge in [-0.25, -0.2) is 0 Å². The van der Waals surface area contributed by atoms with Gasteiger partial charge in [-0.1, -0.05) is 45.8 Å². The predicted molar refractivity (Wildman–Crippen MR) is 92.6 cm³/mol. The summed E-state index contributed by atoms with van der Waals surface area (Å²) in [6, 6.07) is 13.3. The Morgan fingerprint density at radius 1 is 1.19 bits per heavy atom. The Balaban J connectivity index is 1.87. The third kappa shape index (κ3) is 3.14. The Morgan fingerprint density at radius 3 is 2.81 bits per heavy atom. The standard InChI is InChI=1S/C18H21BrN2/c1-13-4-7-18-15(9-13)3-2-8-21(18)12-16-6-5-14(11-20)10-17(16)19/h4-7,9-10H,2-3,8,11-12,20H2,1H3. The number of benzene rings is 2. The highest BCUT2D eigenvalue weighted by atomic mass is 79.9. The Bertz CT molecular complexity index is 652. The molecule has 0 amide bonds. The molecule has 2 aromatic carbocycles. The fraction of sp³-hybridized carbons (Fsp3) is 0.333. The monoisotopic (exact) mass is 344 g/mol. The van der Waals surface area contributed by atoms with Gasteiger partial charge in [0.15, 0.2) is 0 Å². The zero-order valence-corrected chi connectivity index (χ0v) is 14.0. The summed E-state index contributed by atoms with van der Waals surface area (Å²) in [5.41, 5.74) is 12.4. The number of anilines is 1. The highest BCUT2D eigenvalue weighted by molar-refractivity contribution is 9.10. The smallest absolute Gasteiger partial charge is 0.0440 e. The van der Waals surface area contributed by atoms with E-state index in [0.717, 1.165) is 17.6 Å². The molecule has 2 aromatic rings. The van der Waals surface area contributed by atoms with Gasteiger partial charge >= 0.3 is 0 Å². The van der Waals surface area contributed by atoms with Gasteiger partial charge in [-0.2, -0.15) is 0 Å². The van der Waals surface area contributed by atoms with Crippen molar-refractivity contribution in [2.75, 3.05) is 11.4 Å². The summed E-state index contributed by atoms with van der Waals surface area (Å²) >= 11 is 3.68. The van der Waals surface area contributed by atoms with Crippen molar-refractivity contribution in [2.24, 2.45) is 5.73 Å². The maximum absolute atomic E-state index is 5.70. The van der Waals surface area contributed by atoms with Crippen molar-refractivity contribution in [2.45, 2.75) is 32.9 Å². The molecule has 110 valence electrons. The molecular weight excluding hydrogens is 324 g/mol. The summed E-state index contributed by atoms with van der Waals surface area (Å²) in [4.78, 5) is 2.49. The van der Waals surface area contributed by atoms with E-state index in [1.165, 1.54) is 40.8 Å². The molecule has 0 aliphatic carbocycles. The molecule has 2 N–H and O–H groups in total. The van der Waals surface area contributed by atoms with Crippen LogP contribution < -0.4 is 10.6 Å². The lowest BCUT2D eigenvalue weighted by molar-refractivity contribution is 0.689. The van der Waals surface area contributed by atoms with E-state index in [1.807, 2.05) is 0 Å². The summed E-state index contributed by atoms with van der Waals surface area (Å²) in [7, 11) is 0. The van der Waals surface area contributed by atoms with Crippen molar-refractivity contribution in [3.8, 4) is 0 Å². The SMILES string of the molecule is Cc1ccc2c(c1)CCCN2Cc1ccc(CN)cc1Br. The fourth-order valence-electron chi connectivity index (χ4n) is 3.02. The first-order valence-electron chi connectivity index (χ1n) is 7.49.